The van der Waals surface area contributed by atoms with E-state index in [1.54, 1.807) is 18.4 Å². The summed E-state index contributed by atoms with van der Waals surface area (Å²) >= 11 is 1.61. The van der Waals surface area contributed by atoms with Gasteiger partial charge in [0.1, 0.15) is 5.82 Å². The number of benzene rings is 1. The molecular formula is C24H30N4OS. The van der Waals surface area contributed by atoms with E-state index in [1.807, 2.05) is 32.4 Å². The normalized spacial score (nSPS) is 17.2. The number of hydrogen-bond donors (Lipinski definition) is 1. The molecule has 5 nitrogen and oxygen atoms in total. The molecule has 1 saturated heterocycles. The van der Waals surface area contributed by atoms with Crippen LogP contribution >= 0.6 is 11.3 Å². The zero-order valence-corrected chi connectivity index (χ0v) is 18.8. The summed E-state index contributed by atoms with van der Waals surface area (Å²) in [4.78, 5) is 22.7. The Bertz CT molecular complexity index is 1030. The van der Waals surface area contributed by atoms with Crippen molar-refractivity contribution >= 4 is 33.1 Å². The van der Waals surface area contributed by atoms with Gasteiger partial charge in [0.15, 0.2) is 0 Å². The molecule has 2 aromatic heterocycles. The van der Waals surface area contributed by atoms with Gasteiger partial charge in [-0.05, 0) is 48.9 Å². The fraction of sp³-hybridized carbons (Fsp3) is 0.417. The number of hydrogen-bond acceptors (Lipinski definition) is 5. The van der Waals surface area contributed by atoms with Crippen molar-refractivity contribution in [3.63, 3.8) is 0 Å². The standard InChI is InChI=1S/C24H30N4OS/c1-25-24(29)22-20(19-11-4-5-12-21(19)30-22)15-18-10-6-7-14-28(18)16-17-9-8-13-26-23(17)27(2)3/h4-5,8-9,11-13,18H,6-7,10,14-16H2,1-3H3,(H,25,29)/t18-/m1/s1. The molecule has 0 spiro atoms. The van der Waals surface area contributed by atoms with Crippen molar-refractivity contribution in [3.05, 3.63) is 58.6 Å². The van der Waals surface area contributed by atoms with Gasteiger partial charge in [0.25, 0.3) is 5.91 Å². The number of piperidine rings is 1. The molecule has 6 heteroatoms. The number of anilines is 1. The largest absolute Gasteiger partial charge is 0.362 e. The molecule has 1 N–H and O–H groups in total. The van der Waals surface area contributed by atoms with Crippen molar-refractivity contribution in [2.75, 3.05) is 32.6 Å². The first-order chi connectivity index (χ1) is 14.6. The summed E-state index contributed by atoms with van der Waals surface area (Å²) in [5.74, 6) is 1.06. The molecule has 0 bridgehead atoms. The maximum Gasteiger partial charge on any atom is 0.261 e. The average Bonchev–Trinajstić information content (AvgIpc) is 3.13. The summed E-state index contributed by atoms with van der Waals surface area (Å²) < 4.78 is 1.19. The van der Waals surface area contributed by atoms with Gasteiger partial charge in [0.2, 0.25) is 0 Å². The fourth-order valence-corrected chi connectivity index (χ4v) is 5.69. The molecule has 3 aromatic rings. The summed E-state index contributed by atoms with van der Waals surface area (Å²) in [5, 5.41) is 4.06. The number of fused-ring (bicyclic) bond motifs is 1. The number of thiophene rings is 1. The molecular weight excluding hydrogens is 392 g/mol. The summed E-state index contributed by atoms with van der Waals surface area (Å²) in [7, 11) is 5.81. The summed E-state index contributed by atoms with van der Waals surface area (Å²) in [6.45, 7) is 1.98. The van der Waals surface area contributed by atoms with Crippen LogP contribution in [0.5, 0.6) is 0 Å². The van der Waals surface area contributed by atoms with Crippen LogP contribution in [0.2, 0.25) is 0 Å². The van der Waals surface area contributed by atoms with Gasteiger partial charge in [-0.1, -0.05) is 30.7 Å². The third-order valence-electron chi connectivity index (χ3n) is 5.98. The predicted octanol–water partition coefficient (Wildman–Crippen LogP) is 4.32. The molecule has 1 amide bonds. The van der Waals surface area contributed by atoms with Crippen LogP contribution in [0.15, 0.2) is 42.6 Å². The van der Waals surface area contributed by atoms with E-state index in [9.17, 15) is 4.79 Å². The highest BCUT2D eigenvalue weighted by Crippen LogP contribution is 2.34. The Labute approximate surface area is 182 Å². The van der Waals surface area contributed by atoms with Gasteiger partial charge < -0.3 is 10.2 Å². The summed E-state index contributed by atoms with van der Waals surface area (Å²) in [6.07, 6.45) is 6.39. The van der Waals surface area contributed by atoms with Crippen molar-refractivity contribution in [2.24, 2.45) is 0 Å². The Balaban J connectivity index is 1.64. The van der Waals surface area contributed by atoms with E-state index in [1.165, 1.54) is 34.1 Å². The van der Waals surface area contributed by atoms with E-state index < -0.39 is 0 Å². The molecule has 1 aliphatic rings. The molecule has 4 rings (SSSR count). The van der Waals surface area contributed by atoms with Crippen LogP contribution < -0.4 is 10.2 Å². The quantitative estimate of drug-likeness (QED) is 0.643. The van der Waals surface area contributed by atoms with Gasteiger partial charge >= 0.3 is 0 Å². The van der Waals surface area contributed by atoms with E-state index in [4.69, 9.17) is 0 Å². The van der Waals surface area contributed by atoms with E-state index in [2.05, 4.69) is 44.4 Å². The lowest BCUT2D eigenvalue weighted by Crippen LogP contribution is -2.40. The highest BCUT2D eigenvalue weighted by Gasteiger charge is 2.27. The van der Waals surface area contributed by atoms with Crippen LogP contribution in [0.1, 0.15) is 40.1 Å². The topological polar surface area (TPSA) is 48.5 Å². The minimum absolute atomic E-state index is 0.0238. The minimum Gasteiger partial charge on any atom is -0.362 e. The summed E-state index contributed by atoms with van der Waals surface area (Å²) in [6, 6.07) is 13.0. The van der Waals surface area contributed by atoms with Crippen LogP contribution in [-0.4, -0.2) is 49.5 Å². The smallest absolute Gasteiger partial charge is 0.261 e. The highest BCUT2D eigenvalue weighted by atomic mass is 32.1. The second-order valence-electron chi connectivity index (χ2n) is 8.19. The van der Waals surface area contributed by atoms with Crippen LogP contribution in [0.25, 0.3) is 10.1 Å². The molecule has 0 unspecified atom stereocenters. The minimum atomic E-state index is 0.0238. The van der Waals surface area contributed by atoms with Crippen molar-refractivity contribution in [2.45, 2.75) is 38.3 Å². The second kappa shape index (κ2) is 9.14. The van der Waals surface area contributed by atoms with E-state index in [-0.39, 0.29) is 5.91 Å². The molecule has 0 radical (unpaired) electrons. The highest BCUT2D eigenvalue weighted by molar-refractivity contribution is 7.21. The molecule has 3 heterocycles. The third kappa shape index (κ3) is 4.20. The van der Waals surface area contributed by atoms with Gasteiger partial charge in [0, 0.05) is 50.2 Å². The lowest BCUT2D eigenvalue weighted by molar-refractivity contribution is 0.0964. The van der Waals surface area contributed by atoms with Crippen molar-refractivity contribution in [1.29, 1.82) is 0 Å². The first-order valence-electron chi connectivity index (χ1n) is 10.7. The Morgan fingerprint density at radius 1 is 1.23 bits per heavy atom. The fourth-order valence-electron chi connectivity index (χ4n) is 4.51. The molecule has 158 valence electrons. The molecule has 1 atom stereocenters. The molecule has 1 aliphatic heterocycles. The molecule has 0 saturated carbocycles. The van der Waals surface area contributed by atoms with Crippen LogP contribution in [0, 0.1) is 0 Å². The third-order valence-corrected chi connectivity index (χ3v) is 7.20. The number of nitrogens with zero attached hydrogens (tertiary/aromatic N) is 3. The first kappa shape index (κ1) is 20.8. The number of amides is 1. The van der Waals surface area contributed by atoms with Gasteiger partial charge in [0.05, 0.1) is 4.88 Å². The van der Waals surface area contributed by atoms with Gasteiger partial charge in [-0.3, -0.25) is 9.69 Å². The van der Waals surface area contributed by atoms with Gasteiger partial charge in [-0.2, -0.15) is 0 Å². The van der Waals surface area contributed by atoms with Gasteiger partial charge in [-0.25, -0.2) is 4.98 Å². The zero-order valence-electron chi connectivity index (χ0n) is 18.0. The number of aromatic nitrogens is 1. The lowest BCUT2D eigenvalue weighted by Gasteiger charge is -2.36. The molecule has 0 aliphatic carbocycles. The van der Waals surface area contributed by atoms with Crippen molar-refractivity contribution < 1.29 is 4.79 Å². The van der Waals surface area contributed by atoms with Crippen LogP contribution in [0.4, 0.5) is 5.82 Å². The van der Waals surface area contributed by atoms with E-state index >= 15 is 0 Å². The molecule has 1 aromatic carbocycles. The maximum absolute atomic E-state index is 12.6. The SMILES string of the molecule is CNC(=O)c1sc2ccccc2c1C[C@H]1CCCCN1Cc1cccnc1N(C)C. The number of rotatable bonds is 6. The summed E-state index contributed by atoms with van der Waals surface area (Å²) in [5.41, 5.74) is 2.46. The molecule has 30 heavy (non-hydrogen) atoms. The number of nitrogens with one attached hydrogen (secondary N) is 1. The van der Waals surface area contributed by atoms with Gasteiger partial charge in [-0.15, -0.1) is 11.3 Å². The number of carbonyl (C=O) groups is 1. The lowest BCUT2D eigenvalue weighted by atomic mass is 9.93. The van der Waals surface area contributed by atoms with Crippen LogP contribution in [0.3, 0.4) is 0 Å². The zero-order chi connectivity index (χ0) is 21.1. The molecule has 1 fully saturated rings. The second-order valence-corrected chi connectivity index (χ2v) is 9.24. The van der Waals surface area contributed by atoms with E-state index in [0.29, 0.717) is 6.04 Å². The Morgan fingerprint density at radius 3 is 2.87 bits per heavy atom. The number of carbonyl (C=O) groups excluding carboxylic acids is 1. The number of likely N-dealkylation sites (tertiary alicyclic amines) is 1. The maximum atomic E-state index is 12.6. The Morgan fingerprint density at radius 2 is 2.07 bits per heavy atom. The Hall–Kier alpha value is -2.44. The first-order valence-corrected chi connectivity index (χ1v) is 11.5. The van der Waals surface area contributed by atoms with Crippen molar-refractivity contribution in [3.8, 4) is 0 Å². The van der Waals surface area contributed by atoms with Crippen molar-refractivity contribution in [1.82, 2.24) is 15.2 Å². The predicted molar refractivity (Wildman–Crippen MR) is 126 cm³/mol. The monoisotopic (exact) mass is 422 g/mol. The number of pyridine rings is 1. The van der Waals surface area contributed by atoms with Crippen LogP contribution in [-0.2, 0) is 13.0 Å². The Kier molecular flexibility index (Phi) is 6.35. The van der Waals surface area contributed by atoms with E-state index in [0.717, 1.165) is 36.6 Å². The average molecular weight is 423 g/mol.